The van der Waals surface area contributed by atoms with E-state index in [2.05, 4.69) is 5.32 Å². The van der Waals surface area contributed by atoms with E-state index in [0.29, 0.717) is 19.4 Å². The molecule has 1 rings (SSSR count). The van der Waals surface area contributed by atoms with Gasteiger partial charge in [-0.1, -0.05) is 13.8 Å². The second kappa shape index (κ2) is 10.1. The fraction of sp³-hybridized carbons (Fsp3) is 0.765. The molecule has 26 heavy (non-hydrogen) atoms. The molecule has 1 heterocycles. The minimum absolute atomic E-state index is 0.0626. The predicted octanol–water partition coefficient (Wildman–Crippen LogP) is -0.777. The number of carboxylic acid groups (broad SMARTS) is 1. The maximum Gasteiger partial charge on any atom is 0.323 e. The third-order valence-corrected chi connectivity index (χ3v) is 4.82. The second-order valence-corrected chi connectivity index (χ2v) is 7.06. The molecule has 1 aliphatic heterocycles. The van der Waals surface area contributed by atoms with E-state index in [1.807, 2.05) is 18.7 Å². The molecule has 9 nitrogen and oxygen atoms in total. The number of amides is 3. The summed E-state index contributed by atoms with van der Waals surface area (Å²) < 4.78 is 0. The summed E-state index contributed by atoms with van der Waals surface area (Å²) >= 11 is 0. The van der Waals surface area contributed by atoms with Gasteiger partial charge < -0.3 is 20.2 Å². The Morgan fingerprint density at radius 2 is 1.96 bits per heavy atom. The number of nitrogens with zero attached hydrogens (tertiary/aromatic N) is 3. The van der Waals surface area contributed by atoms with Crippen molar-refractivity contribution in [2.45, 2.75) is 38.8 Å². The Morgan fingerprint density at radius 1 is 1.31 bits per heavy atom. The summed E-state index contributed by atoms with van der Waals surface area (Å²) in [5.74, 6) is -1.28. The maximum absolute atomic E-state index is 12.6. The molecule has 148 valence electrons. The van der Waals surface area contributed by atoms with Crippen molar-refractivity contribution in [2.75, 3.05) is 40.3 Å². The van der Waals surface area contributed by atoms with E-state index in [1.165, 1.54) is 11.9 Å². The molecule has 1 fully saturated rings. The van der Waals surface area contributed by atoms with E-state index in [9.17, 15) is 19.2 Å². The Kier molecular flexibility index (Phi) is 8.50. The Morgan fingerprint density at radius 3 is 2.50 bits per heavy atom. The van der Waals surface area contributed by atoms with E-state index >= 15 is 0 Å². The minimum atomic E-state index is -1.04. The summed E-state index contributed by atoms with van der Waals surface area (Å²) in [5.41, 5.74) is 0. The third-order valence-electron chi connectivity index (χ3n) is 4.82. The Balaban J connectivity index is 2.80. The molecule has 0 aromatic heterocycles. The van der Waals surface area contributed by atoms with Crippen molar-refractivity contribution in [3.63, 3.8) is 0 Å². The molecule has 1 aliphatic rings. The molecular weight excluding hydrogens is 340 g/mol. The van der Waals surface area contributed by atoms with Gasteiger partial charge in [-0.25, -0.2) is 0 Å². The molecule has 2 N–H and O–H groups in total. The zero-order chi connectivity index (χ0) is 19.9. The molecule has 0 aromatic rings. The minimum Gasteiger partial charge on any atom is -0.480 e. The largest absolute Gasteiger partial charge is 0.480 e. The fourth-order valence-corrected chi connectivity index (χ4v) is 3.32. The summed E-state index contributed by atoms with van der Waals surface area (Å²) in [7, 11) is 3.19. The summed E-state index contributed by atoms with van der Waals surface area (Å²) in [6, 6.07) is -0.480. The molecule has 1 saturated heterocycles. The highest BCUT2D eigenvalue weighted by Crippen LogP contribution is 2.22. The molecule has 3 amide bonds. The maximum atomic E-state index is 12.6. The van der Waals surface area contributed by atoms with Crippen molar-refractivity contribution < 1.29 is 24.3 Å². The van der Waals surface area contributed by atoms with Crippen LogP contribution >= 0.6 is 0 Å². The van der Waals surface area contributed by atoms with Crippen LogP contribution in [0.5, 0.6) is 0 Å². The normalized spacial score (nSPS) is 18.4. The lowest BCUT2D eigenvalue weighted by atomic mass is 10.0. The molecule has 0 saturated carbocycles. The van der Waals surface area contributed by atoms with Crippen LogP contribution in [0.3, 0.4) is 0 Å². The van der Waals surface area contributed by atoms with Gasteiger partial charge in [-0.05, 0) is 25.3 Å². The molecule has 0 spiro atoms. The van der Waals surface area contributed by atoms with E-state index in [4.69, 9.17) is 5.11 Å². The van der Waals surface area contributed by atoms with Gasteiger partial charge in [0.05, 0.1) is 12.6 Å². The van der Waals surface area contributed by atoms with Gasteiger partial charge in [0.2, 0.25) is 18.2 Å². The van der Waals surface area contributed by atoms with Crippen molar-refractivity contribution in [3.05, 3.63) is 0 Å². The highest BCUT2D eigenvalue weighted by molar-refractivity contribution is 5.85. The van der Waals surface area contributed by atoms with Gasteiger partial charge in [0.25, 0.3) is 0 Å². The average Bonchev–Trinajstić information content (AvgIpc) is 3.03. The summed E-state index contributed by atoms with van der Waals surface area (Å²) in [6.07, 6.45) is 2.02. The van der Waals surface area contributed by atoms with Crippen molar-refractivity contribution in [3.8, 4) is 0 Å². The zero-order valence-corrected chi connectivity index (χ0v) is 16.0. The monoisotopic (exact) mass is 370 g/mol. The van der Waals surface area contributed by atoms with Gasteiger partial charge in [0, 0.05) is 26.7 Å². The SMILES string of the molecule is CC(C)[C@@H](CN1CCC[C@H]1C(=O)N(C)CC(=O)O)N(C)C(=O)CNC=O. The molecule has 9 heteroatoms. The van der Waals surface area contributed by atoms with Gasteiger partial charge in [-0.3, -0.25) is 24.1 Å². The van der Waals surface area contributed by atoms with Crippen molar-refractivity contribution >= 4 is 24.2 Å². The van der Waals surface area contributed by atoms with Crippen molar-refractivity contribution in [1.82, 2.24) is 20.0 Å². The lowest BCUT2D eigenvalue weighted by Crippen LogP contribution is -2.53. The number of likely N-dealkylation sites (tertiary alicyclic amines) is 1. The molecular formula is C17H30N4O5. The number of hydrogen-bond donors (Lipinski definition) is 2. The molecule has 2 atom stereocenters. The number of aliphatic carboxylic acids is 1. The number of likely N-dealkylation sites (N-methyl/N-ethyl adjacent to an activating group) is 2. The van der Waals surface area contributed by atoms with Crippen LogP contribution in [0, 0.1) is 5.92 Å². The van der Waals surface area contributed by atoms with Crippen LogP contribution in [0.25, 0.3) is 0 Å². The summed E-state index contributed by atoms with van der Waals surface area (Å²) in [4.78, 5) is 50.9. The number of rotatable bonds is 10. The van der Waals surface area contributed by atoms with E-state index in [1.54, 1.807) is 11.9 Å². The van der Waals surface area contributed by atoms with Crippen molar-refractivity contribution in [1.29, 1.82) is 0 Å². The quantitative estimate of drug-likeness (QED) is 0.488. The van der Waals surface area contributed by atoms with Crippen LogP contribution in [-0.2, 0) is 19.2 Å². The molecule has 0 bridgehead atoms. The number of hydrogen-bond acceptors (Lipinski definition) is 5. The topological polar surface area (TPSA) is 110 Å². The third kappa shape index (κ3) is 5.98. The number of nitrogens with one attached hydrogen (secondary N) is 1. The van der Waals surface area contributed by atoms with Gasteiger partial charge in [0.15, 0.2) is 0 Å². The zero-order valence-electron chi connectivity index (χ0n) is 16.0. The van der Waals surface area contributed by atoms with E-state index < -0.39 is 5.97 Å². The average molecular weight is 370 g/mol. The number of carboxylic acids is 1. The van der Waals surface area contributed by atoms with Crippen LogP contribution in [-0.4, -0.2) is 96.4 Å². The lowest BCUT2D eigenvalue weighted by molar-refractivity contribution is -0.145. The van der Waals surface area contributed by atoms with Crippen molar-refractivity contribution in [2.24, 2.45) is 5.92 Å². The van der Waals surface area contributed by atoms with E-state index in [-0.39, 0.29) is 42.9 Å². The van der Waals surface area contributed by atoms with Gasteiger partial charge >= 0.3 is 5.97 Å². The van der Waals surface area contributed by atoms with Crippen LogP contribution in [0.15, 0.2) is 0 Å². The van der Waals surface area contributed by atoms with Gasteiger partial charge in [-0.15, -0.1) is 0 Å². The predicted molar refractivity (Wildman–Crippen MR) is 95.3 cm³/mol. The van der Waals surface area contributed by atoms with Crippen LogP contribution in [0.2, 0.25) is 0 Å². The van der Waals surface area contributed by atoms with Gasteiger partial charge in [-0.2, -0.15) is 0 Å². The van der Waals surface area contributed by atoms with Gasteiger partial charge in [0.1, 0.15) is 6.54 Å². The van der Waals surface area contributed by atoms with Crippen LogP contribution < -0.4 is 5.32 Å². The number of carbonyl (C=O) groups is 4. The second-order valence-electron chi connectivity index (χ2n) is 7.06. The summed E-state index contributed by atoms with van der Waals surface area (Å²) in [5, 5.41) is 11.3. The van der Waals surface area contributed by atoms with Crippen LogP contribution in [0.4, 0.5) is 0 Å². The lowest BCUT2D eigenvalue weighted by Gasteiger charge is -2.36. The van der Waals surface area contributed by atoms with Crippen LogP contribution in [0.1, 0.15) is 26.7 Å². The summed E-state index contributed by atoms with van der Waals surface area (Å²) in [6.45, 7) is 4.88. The standard InChI is InChI=1S/C17H30N4O5/c1-12(2)14(20(4)15(23)8-18-11-22)9-21-7-5-6-13(21)17(26)19(3)10-16(24)25/h11-14H,5-10H2,1-4H3,(H,18,22)(H,24,25)/t13-,14+/m0/s1. The van der Waals surface area contributed by atoms with E-state index in [0.717, 1.165) is 13.0 Å². The Labute approximate surface area is 154 Å². The molecule has 0 aliphatic carbocycles. The first-order valence-electron chi connectivity index (χ1n) is 8.82. The number of carbonyl (C=O) groups excluding carboxylic acids is 3. The first kappa shape index (κ1) is 21.9. The first-order chi connectivity index (χ1) is 12.2. The smallest absolute Gasteiger partial charge is 0.323 e. The first-order valence-corrected chi connectivity index (χ1v) is 8.82. The fourth-order valence-electron chi connectivity index (χ4n) is 3.32. The molecule has 0 radical (unpaired) electrons. The highest BCUT2D eigenvalue weighted by Gasteiger charge is 2.36. The molecule has 0 aromatic carbocycles. The Hall–Kier alpha value is -2.16. The highest BCUT2D eigenvalue weighted by atomic mass is 16.4. The Bertz CT molecular complexity index is 525. The molecule has 0 unspecified atom stereocenters.